The minimum absolute atomic E-state index is 0.512. The molecule has 18 heavy (non-hydrogen) atoms. The first-order valence-corrected chi connectivity index (χ1v) is 4.65. The zero-order chi connectivity index (χ0) is 14.1. The van der Waals surface area contributed by atoms with E-state index in [-0.39, 0.29) is 0 Å². The second kappa shape index (κ2) is 4.68. The number of hydrogen-bond acceptors (Lipinski definition) is 1. The highest BCUT2D eigenvalue weighted by molar-refractivity contribution is 6.34. The molecule has 0 unspecified atom stereocenters. The Labute approximate surface area is 102 Å². The third-order valence-corrected chi connectivity index (χ3v) is 2.13. The maximum absolute atomic E-state index is 12.5. The van der Waals surface area contributed by atoms with E-state index in [1.54, 1.807) is 0 Å². The quantitative estimate of drug-likeness (QED) is 0.782. The van der Waals surface area contributed by atoms with Gasteiger partial charge in [0.1, 0.15) is 0 Å². The van der Waals surface area contributed by atoms with Crippen LogP contribution in [0.15, 0.2) is 18.2 Å². The molecular weight excluding hydrogens is 288 g/mol. The highest BCUT2D eigenvalue weighted by Gasteiger charge is 2.41. The Morgan fingerprint density at radius 1 is 1.11 bits per heavy atom. The standard InChI is InChI=1S/C9H4ClF6NO/c10-5-3-1-2-4(8(11,12)13)6(5)17-7(18)9(14,15)16/h1-3H,(H,17,18). The molecule has 1 aromatic carbocycles. The van der Waals surface area contributed by atoms with Gasteiger partial charge in [-0.25, -0.2) is 0 Å². The number of amides is 1. The van der Waals surface area contributed by atoms with E-state index in [4.69, 9.17) is 11.6 Å². The SMILES string of the molecule is O=C(Nc1c(Cl)cccc1C(F)(F)F)C(F)(F)F. The first-order valence-electron chi connectivity index (χ1n) is 4.27. The highest BCUT2D eigenvalue weighted by Crippen LogP contribution is 2.38. The lowest BCUT2D eigenvalue weighted by molar-refractivity contribution is -0.167. The van der Waals surface area contributed by atoms with Crippen molar-refractivity contribution < 1.29 is 31.1 Å². The van der Waals surface area contributed by atoms with Crippen LogP contribution in [0.5, 0.6) is 0 Å². The van der Waals surface area contributed by atoms with Crippen LogP contribution in [0.4, 0.5) is 32.0 Å². The molecule has 1 rings (SSSR count). The van der Waals surface area contributed by atoms with Crippen LogP contribution in [0.2, 0.25) is 5.02 Å². The number of anilines is 1. The minimum atomic E-state index is -5.30. The summed E-state index contributed by atoms with van der Waals surface area (Å²) in [6.45, 7) is 0. The largest absolute Gasteiger partial charge is 0.471 e. The van der Waals surface area contributed by atoms with E-state index in [9.17, 15) is 31.1 Å². The summed E-state index contributed by atoms with van der Waals surface area (Å²) in [4.78, 5) is 10.6. The molecule has 0 atom stereocenters. The zero-order valence-corrected chi connectivity index (χ0v) is 9.04. The molecule has 1 amide bonds. The Balaban J connectivity index is 3.20. The van der Waals surface area contributed by atoms with E-state index in [1.807, 2.05) is 0 Å². The third-order valence-electron chi connectivity index (χ3n) is 1.82. The average Bonchev–Trinajstić information content (AvgIpc) is 2.17. The van der Waals surface area contributed by atoms with Gasteiger partial charge in [-0.05, 0) is 12.1 Å². The first kappa shape index (κ1) is 14.6. The molecule has 2 nitrogen and oxygen atoms in total. The molecule has 0 fully saturated rings. The van der Waals surface area contributed by atoms with Crippen LogP contribution >= 0.6 is 11.6 Å². The van der Waals surface area contributed by atoms with Crippen LogP contribution in [0.1, 0.15) is 5.56 Å². The van der Waals surface area contributed by atoms with Gasteiger partial charge in [0.05, 0.1) is 16.3 Å². The fourth-order valence-corrected chi connectivity index (χ4v) is 1.29. The van der Waals surface area contributed by atoms with Gasteiger partial charge in [0.25, 0.3) is 0 Å². The smallest absolute Gasteiger partial charge is 0.316 e. The molecule has 0 saturated carbocycles. The number of carbonyl (C=O) groups excluding carboxylic acids is 1. The van der Waals surface area contributed by atoms with E-state index in [1.165, 1.54) is 0 Å². The summed E-state index contributed by atoms with van der Waals surface area (Å²) in [5.74, 6) is -2.53. The van der Waals surface area contributed by atoms with Gasteiger partial charge >= 0.3 is 18.3 Å². The lowest BCUT2D eigenvalue weighted by Crippen LogP contribution is -2.31. The normalized spacial score (nSPS) is 12.4. The minimum Gasteiger partial charge on any atom is -0.316 e. The average molecular weight is 292 g/mol. The maximum atomic E-state index is 12.5. The molecule has 0 saturated heterocycles. The van der Waals surface area contributed by atoms with Crippen molar-refractivity contribution in [3.05, 3.63) is 28.8 Å². The highest BCUT2D eigenvalue weighted by atomic mass is 35.5. The first-order chi connectivity index (χ1) is 8.03. The van der Waals surface area contributed by atoms with Gasteiger partial charge in [0.2, 0.25) is 0 Å². The molecule has 9 heteroatoms. The summed E-state index contributed by atoms with van der Waals surface area (Å²) in [5, 5.41) is 0.473. The monoisotopic (exact) mass is 291 g/mol. The van der Waals surface area contributed by atoms with E-state index in [0.717, 1.165) is 17.4 Å². The molecule has 0 aromatic heterocycles. The van der Waals surface area contributed by atoms with E-state index < -0.39 is 34.5 Å². The van der Waals surface area contributed by atoms with Crippen molar-refractivity contribution in [1.82, 2.24) is 0 Å². The molecule has 0 aliphatic heterocycles. The number of para-hydroxylation sites is 1. The fraction of sp³-hybridized carbons (Fsp3) is 0.222. The van der Waals surface area contributed by atoms with E-state index in [0.29, 0.717) is 6.07 Å². The van der Waals surface area contributed by atoms with Crippen molar-refractivity contribution in [2.24, 2.45) is 0 Å². The van der Waals surface area contributed by atoms with Gasteiger partial charge in [0, 0.05) is 0 Å². The Hall–Kier alpha value is -1.44. The second-order valence-electron chi connectivity index (χ2n) is 3.11. The molecular formula is C9H4ClF6NO. The van der Waals surface area contributed by atoms with Crippen LogP contribution in [-0.2, 0) is 11.0 Å². The lowest BCUT2D eigenvalue weighted by atomic mass is 10.1. The molecule has 1 aromatic rings. The predicted molar refractivity (Wildman–Crippen MR) is 51.1 cm³/mol. The number of carbonyl (C=O) groups is 1. The Morgan fingerprint density at radius 2 is 1.67 bits per heavy atom. The van der Waals surface area contributed by atoms with Crippen LogP contribution in [-0.4, -0.2) is 12.1 Å². The van der Waals surface area contributed by atoms with Gasteiger partial charge in [-0.1, -0.05) is 17.7 Å². The van der Waals surface area contributed by atoms with Gasteiger partial charge in [-0.3, -0.25) is 4.79 Å². The summed E-state index contributed by atoms with van der Waals surface area (Å²) in [5.41, 5.74) is -2.57. The van der Waals surface area contributed by atoms with Crippen molar-refractivity contribution >= 4 is 23.2 Å². The van der Waals surface area contributed by atoms with Crippen LogP contribution in [0, 0.1) is 0 Å². The number of nitrogens with one attached hydrogen (secondary N) is 1. The fourth-order valence-electron chi connectivity index (χ4n) is 1.07. The molecule has 0 aliphatic carbocycles. The summed E-state index contributed by atoms with van der Waals surface area (Å²) in [6.07, 6.45) is -10.2. The number of halogens is 7. The maximum Gasteiger partial charge on any atom is 0.471 e. The summed E-state index contributed by atoms with van der Waals surface area (Å²) in [7, 11) is 0. The molecule has 0 radical (unpaired) electrons. The van der Waals surface area contributed by atoms with Gasteiger partial charge in [-0.15, -0.1) is 0 Å². The Kier molecular flexibility index (Phi) is 3.80. The van der Waals surface area contributed by atoms with Crippen molar-refractivity contribution in [2.75, 3.05) is 5.32 Å². The summed E-state index contributed by atoms with van der Waals surface area (Å²) < 4.78 is 73.3. The molecule has 100 valence electrons. The second-order valence-corrected chi connectivity index (χ2v) is 3.52. The molecule has 0 bridgehead atoms. The number of hydrogen-bond donors (Lipinski definition) is 1. The topological polar surface area (TPSA) is 29.1 Å². The summed E-state index contributed by atoms with van der Waals surface area (Å²) >= 11 is 5.35. The lowest BCUT2D eigenvalue weighted by Gasteiger charge is -2.15. The Bertz CT molecular complexity index is 467. The molecule has 0 spiro atoms. The van der Waals surface area contributed by atoms with E-state index in [2.05, 4.69) is 0 Å². The molecule has 0 aliphatic rings. The van der Waals surface area contributed by atoms with E-state index >= 15 is 0 Å². The zero-order valence-electron chi connectivity index (χ0n) is 8.29. The van der Waals surface area contributed by atoms with Crippen molar-refractivity contribution in [1.29, 1.82) is 0 Å². The van der Waals surface area contributed by atoms with Gasteiger partial charge in [-0.2, -0.15) is 26.3 Å². The predicted octanol–water partition coefficient (Wildman–Crippen LogP) is 3.86. The van der Waals surface area contributed by atoms with Crippen molar-refractivity contribution in [2.45, 2.75) is 12.4 Å². The Morgan fingerprint density at radius 3 is 2.11 bits per heavy atom. The number of rotatable bonds is 1. The number of benzene rings is 1. The summed E-state index contributed by atoms with van der Waals surface area (Å²) in [6, 6.07) is 2.36. The molecule has 1 N–H and O–H groups in total. The van der Waals surface area contributed by atoms with Crippen molar-refractivity contribution in [3.63, 3.8) is 0 Å². The van der Waals surface area contributed by atoms with Crippen LogP contribution in [0.3, 0.4) is 0 Å². The van der Waals surface area contributed by atoms with Gasteiger partial charge in [0.15, 0.2) is 0 Å². The van der Waals surface area contributed by atoms with Crippen molar-refractivity contribution in [3.8, 4) is 0 Å². The van der Waals surface area contributed by atoms with Gasteiger partial charge < -0.3 is 5.32 Å². The van der Waals surface area contributed by atoms with Crippen LogP contribution < -0.4 is 5.32 Å². The van der Waals surface area contributed by atoms with Crippen LogP contribution in [0.25, 0.3) is 0 Å². The molecule has 0 heterocycles. The third kappa shape index (κ3) is 3.28. The number of alkyl halides is 6.